The highest BCUT2D eigenvalue weighted by Gasteiger charge is 2.30. The Bertz CT molecular complexity index is 1220. The molecule has 2 aromatic carbocycles. The zero-order chi connectivity index (χ0) is 20.6. The quantitative estimate of drug-likeness (QED) is 0.452. The third kappa shape index (κ3) is 3.84. The molecule has 0 unspecified atom stereocenters. The number of nitrogens with one attached hydrogen (secondary N) is 1. The van der Waals surface area contributed by atoms with Crippen molar-refractivity contribution in [1.29, 1.82) is 0 Å². The summed E-state index contributed by atoms with van der Waals surface area (Å²) in [7, 11) is 0. The molecule has 0 aliphatic rings. The van der Waals surface area contributed by atoms with Crippen molar-refractivity contribution in [1.82, 2.24) is 9.97 Å². The van der Waals surface area contributed by atoms with E-state index in [1.54, 1.807) is 18.2 Å². The Hall–Kier alpha value is -3.26. The van der Waals surface area contributed by atoms with Crippen LogP contribution in [-0.2, 0) is 6.18 Å². The van der Waals surface area contributed by atoms with Gasteiger partial charge in [-0.3, -0.25) is 4.79 Å². The number of alkyl halides is 3. The first-order valence-corrected chi connectivity index (χ1v) is 9.49. The number of rotatable bonds is 3. The van der Waals surface area contributed by atoms with Crippen LogP contribution in [0.15, 0.2) is 60.2 Å². The predicted molar refractivity (Wildman–Crippen MR) is 107 cm³/mol. The maximum atomic E-state index is 12.9. The largest absolute Gasteiger partial charge is 0.416 e. The van der Waals surface area contributed by atoms with Crippen molar-refractivity contribution in [2.24, 2.45) is 0 Å². The number of nitrogens with zero attached hydrogens (tertiary/aromatic N) is 2. The minimum atomic E-state index is -4.51. The van der Waals surface area contributed by atoms with Gasteiger partial charge in [0.1, 0.15) is 6.33 Å². The van der Waals surface area contributed by atoms with Crippen LogP contribution in [0.1, 0.15) is 21.5 Å². The van der Waals surface area contributed by atoms with Gasteiger partial charge in [-0.05, 0) is 48.2 Å². The van der Waals surface area contributed by atoms with Crippen molar-refractivity contribution in [3.8, 4) is 11.3 Å². The van der Waals surface area contributed by atoms with Crippen LogP contribution in [0, 0.1) is 6.92 Å². The first kappa shape index (κ1) is 19.1. The number of aryl methyl sites for hydroxylation is 1. The van der Waals surface area contributed by atoms with Crippen molar-refractivity contribution in [2.45, 2.75) is 13.1 Å². The van der Waals surface area contributed by atoms with E-state index in [0.717, 1.165) is 39.2 Å². The Morgan fingerprint density at radius 2 is 1.86 bits per heavy atom. The molecular weight excluding hydrogens is 399 g/mol. The molecule has 0 bridgehead atoms. The zero-order valence-corrected chi connectivity index (χ0v) is 15.9. The van der Waals surface area contributed by atoms with E-state index >= 15 is 0 Å². The molecule has 0 atom stereocenters. The number of hydrogen-bond donors (Lipinski definition) is 1. The number of carbonyl (C=O) groups is 1. The maximum absolute atomic E-state index is 12.9. The molecule has 4 aromatic rings. The summed E-state index contributed by atoms with van der Waals surface area (Å²) in [6.07, 6.45) is -3.02. The van der Waals surface area contributed by atoms with Crippen molar-refractivity contribution in [3.05, 3.63) is 76.9 Å². The van der Waals surface area contributed by atoms with Crippen LogP contribution in [0.4, 0.5) is 18.9 Å². The lowest BCUT2D eigenvalue weighted by Gasteiger charge is -2.10. The van der Waals surface area contributed by atoms with Gasteiger partial charge in [-0.25, -0.2) is 9.97 Å². The molecule has 2 heterocycles. The lowest BCUT2D eigenvalue weighted by atomic mass is 10.1. The SMILES string of the molecule is Cc1csc2c(-c3cccc(NC(=O)c4cccc(C(F)(F)F)c4)c3)ncnc12. The third-order valence-electron chi connectivity index (χ3n) is 4.38. The summed E-state index contributed by atoms with van der Waals surface area (Å²) in [6, 6.07) is 11.3. The minimum Gasteiger partial charge on any atom is -0.322 e. The summed E-state index contributed by atoms with van der Waals surface area (Å²) in [6.45, 7) is 1.97. The predicted octanol–water partition coefficient (Wildman–Crippen LogP) is 5.94. The van der Waals surface area contributed by atoms with Gasteiger partial charge in [-0.15, -0.1) is 11.3 Å². The van der Waals surface area contributed by atoms with E-state index in [9.17, 15) is 18.0 Å². The summed E-state index contributed by atoms with van der Waals surface area (Å²) in [4.78, 5) is 21.1. The zero-order valence-electron chi connectivity index (χ0n) is 15.1. The molecule has 0 fully saturated rings. The molecule has 0 radical (unpaired) electrons. The van der Waals surface area contributed by atoms with Crippen LogP contribution in [0.3, 0.4) is 0 Å². The van der Waals surface area contributed by atoms with Gasteiger partial charge < -0.3 is 5.32 Å². The number of benzene rings is 2. The number of hydrogen-bond acceptors (Lipinski definition) is 4. The van der Waals surface area contributed by atoms with Gasteiger partial charge in [-0.1, -0.05) is 18.2 Å². The number of aromatic nitrogens is 2. The van der Waals surface area contributed by atoms with Crippen LogP contribution in [0.5, 0.6) is 0 Å². The number of amides is 1. The van der Waals surface area contributed by atoms with E-state index in [1.807, 2.05) is 18.4 Å². The fraction of sp³-hybridized carbons (Fsp3) is 0.0952. The van der Waals surface area contributed by atoms with Crippen LogP contribution in [0.25, 0.3) is 21.5 Å². The monoisotopic (exact) mass is 413 g/mol. The summed E-state index contributed by atoms with van der Waals surface area (Å²) in [5.41, 5.74) is 2.98. The Balaban J connectivity index is 1.64. The average Bonchev–Trinajstić information content (AvgIpc) is 3.09. The van der Waals surface area contributed by atoms with Crippen LogP contribution < -0.4 is 5.32 Å². The molecule has 0 saturated heterocycles. The lowest BCUT2D eigenvalue weighted by Crippen LogP contribution is -2.14. The third-order valence-corrected chi connectivity index (χ3v) is 5.47. The topological polar surface area (TPSA) is 54.9 Å². The molecule has 0 spiro atoms. The van der Waals surface area contributed by atoms with Gasteiger partial charge in [0.25, 0.3) is 5.91 Å². The van der Waals surface area contributed by atoms with Crippen LogP contribution >= 0.6 is 11.3 Å². The van der Waals surface area contributed by atoms with Gasteiger partial charge in [0.05, 0.1) is 21.5 Å². The molecule has 2 aromatic heterocycles. The first-order valence-electron chi connectivity index (χ1n) is 8.61. The normalized spacial score (nSPS) is 11.6. The summed E-state index contributed by atoms with van der Waals surface area (Å²) in [5.74, 6) is -0.618. The smallest absolute Gasteiger partial charge is 0.322 e. The maximum Gasteiger partial charge on any atom is 0.416 e. The first-order chi connectivity index (χ1) is 13.8. The number of thiophene rings is 1. The van der Waals surface area contributed by atoms with E-state index in [4.69, 9.17) is 0 Å². The number of anilines is 1. The Kier molecular flexibility index (Phi) is 4.79. The molecule has 0 aliphatic carbocycles. The molecule has 0 saturated carbocycles. The molecule has 1 N–H and O–H groups in total. The summed E-state index contributed by atoms with van der Waals surface area (Å²) < 4.78 is 39.6. The Morgan fingerprint density at radius 3 is 2.66 bits per heavy atom. The number of halogens is 3. The number of carbonyl (C=O) groups excluding carboxylic acids is 1. The minimum absolute atomic E-state index is 0.0662. The van der Waals surface area contributed by atoms with E-state index in [-0.39, 0.29) is 5.56 Å². The van der Waals surface area contributed by atoms with Gasteiger partial charge in [-0.2, -0.15) is 13.2 Å². The second-order valence-corrected chi connectivity index (χ2v) is 7.31. The van der Waals surface area contributed by atoms with Crippen molar-refractivity contribution in [2.75, 3.05) is 5.32 Å². The molecule has 4 rings (SSSR count). The van der Waals surface area contributed by atoms with Gasteiger partial charge in [0, 0.05) is 16.8 Å². The highest BCUT2D eigenvalue weighted by molar-refractivity contribution is 7.17. The molecule has 4 nitrogen and oxygen atoms in total. The van der Waals surface area contributed by atoms with Crippen molar-refractivity contribution < 1.29 is 18.0 Å². The average molecular weight is 413 g/mol. The van der Waals surface area contributed by atoms with E-state index < -0.39 is 17.6 Å². The second-order valence-electron chi connectivity index (χ2n) is 6.43. The fourth-order valence-corrected chi connectivity index (χ4v) is 3.97. The Morgan fingerprint density at radius 1 is 1.07 bits per heavy atom. The molecule has 8 heteroatoms. The summed E-state index contributed by atoms with van der Waals surface area (Å²) in [5, 5.41) is 4.66. The Labute approximate surface area is 168 Å². The lowest BCUT2D eigenvalue weighted by molar-refractivity contribution is -0.137. The number of fused-ring (bicyclic) bond motifs is 1. The highest BCUT2D eigenvalue weighted by atomic mass is 32.1. The van der Waals surface area contributed by atoms with E-state index in [1.165, 1.54) is 29.8 Å². The highest BCUT2D eigenvalue weighted by Crippen LogP contribution is 2.33. The summed E-state index contributed by atoms with van der Waals surface area (Å²) >= 11 is 1.54. The van der Waals surface area contributed by atoms with Crippen molar-refractivity contribution >= 4 is 33.1 Å². The second kappa shape index (κ2) is 7.29. The van der Waals surface area contributed by atoms with Crippen LogP contribution in [-0.4, -0.2) is 15.9 Å². The fourth-order valence-electron chi connectivity index (χ4n) is 2.96. The molecule has 0 aliphatic heterocycles. The van der Waals surface area contributed by atoms with E-state index in [2.05, 4.69) is 15.3 Å². The van der Waals surface area contributed by atoms with Crippen molar-refractivity contribution in [3.63, 3.8) is 0 Å². The standard InChI is InChI=1S/C21H14F3N3OS/c1-12-10-29-19-17(12)25-11-26-18(19)13-4-3-7-16(9-13)27-20(28)14-5-2-6-15(8-14)21(22,23)24/h2-11H,1H3,(H,27,28). The van der Waals surface area contributed by atoms with E-state index in [0.29, 0.717) is 5.69 Å². The molecule has 146 valence electrons. The molecular formula is C21H14F3N3OS. The molecule has 29 heavy (non-hydrogen) atoms. The van der Waals surface area contributed by atoms with Gasteiger partial charge in [0.15, 0.2) is 0 Å². The van der Waals surface area contributed by atoms with Crippen LogP contribution in [0.2, 0.25) is 0 Å². The van der Waals surface area contributed by atoms with Gasteiger partial charge in [0.2, 0.25) is 0 Å². The molecule has 1 amide bonds. The van der Waals surface area contributed by atoms with Gasteiger partial charge >= 0.3 is 6.18 Å².